The Hall–Kier alpha value is -3.28. The number of carbonyl (C=O) groups excluding carboxylic acids is 2. The minimum absolute atomic E-state index is 0.140. The highest BCUT2D eigenvalue weighted by atomic mass is 16.2. The van der Waals surface area contributed by atoms with Crippen LogP contribution in [0.15, 0.2) is 41.3 Å². The molecule has 1 aromatic carbocycles. The third-order valence-electron chi connectivity index (χ3n) is 8.33. The molecule has 1 unspecified atom stereocenters. The molecule has 2 aliphatic rings. The highest BCUT2D eigenvalue weighted by Gasteiger charge is 2.31. The van der Waals surface area contributed by atoms with E-state index >= 15 is 0 Å². The van der Waals surface area contributed by atoms with Crippen LogP contribution in [0.2, 0.25) is 0 Å². The highest BCUT2D eigenvalue weighted by molar-refractivity contribution is 5.89. The summed E-state index contributed by atoms with van der Waals surface area (Å²) in [6.07, 6.45) is 7.07. The van der Waals surface area contributed by atoms with Crippen molar-refractivity contribution in [1.82, 2.24) is 24.3 Å². The van der Waals surface area contributed by atoms with Gasteiger partial charge >= 0.3 is 11.7 Å². The number of nitrogens with zero attached hydrogens (tertiary/aromatic N) is 5. The van der Waals surface area contributed by atoms with Gasteiger partial charge in [0.1, 0.15) is 5.82 Å². The minimum atomic E-state index is -0.947. The smallest absolute Gasteiger partial charge is 0.338 e. The molecular weight excluding hydrogens is 520 g/mol. The molecule has 11 heteroatoms. The predicted octanol–water partition coefficient (Wildman–Crippen LogP) is 2.17. The second-order valence-electron chi connectivity index (χ2n) is 12.0. The predicted molar refractivity (Wildman–Crippen MR) is 161 cm³/mol. The number of piperazine rings is 1. The quantitative estimate of drug-likeness (QED) is 0.444. The number of nitrogens with two attached hydrogens (primary N) is 2. The van der Waals surface area contributed by atoms with Crippen molar-refractivity contribution in [2.75, 3.05) is 38.0 Å². The fourth-order valence-electron chi connectivity index (χ4n) is 5.99. The summed E-state index contributed by atoms with van der Waals surface area (Å²) in [6.45, 7) is 10.4. The Morgan fingerprint density at radius 1 is 1.05 bits per heavy atom. The number of nitrogens with one attached hydrogen (secondary N) is 1. The molecule has 0 radical (unpaired) electrons. The number of hydrogen-bond acceptors (Lipinski definition) is 7. The van der Waals surface area contributed by atoms with Crippen LogP contribution >= 0.6 is 0 Å². The van der Waals surface area contributed by atoms with Crippen molar-refractivity contribution in [2.24, 2.45) is 11.5 Å². The fourth-order valence-corrected chi connectivity index (χ4v) is 5.99. The minimum Gasteiger partial charge on any atom is -0.338 e. The van der Waals surface area contributed by atoms with Crippen LogP contribution in [0.5, 0.6) is 0 Å². The number of anilines is 1. The van der Waals surface area contributed by atoms with Crippen LogP contribution < -0.4 is 22.5 Å². The van der Waals surface area contributed by atoms with Crippen LogP contribution in [-0.4, -0.2) is 92.6 Å². The Labute approximate surface area is 242 Å². The summed E-state index contributed by atoms with van der Waals surface area (Å²) in [6, 6.07) is 10.6. The standard InChI is InChI=1S/C30H46N8O3/c1-5-37(24-12-8-23(31)9-13-24)21(2)20-22-6-10-25(11-7-22)38-15-14-26(34-29(38)41)33-28(40)36-18-16-35(17-19-36)27(39)30(3,4)32/h6-7,10-11,14-15,21,23-24H,5,8-9,12-13,16-20,31-32H2,1-4H3,(H,33,34,40,41)/t21?,23-,24+. The number of rotatable bonds is 8. The molecule has 1 aliphatic heterocycles. The van der Waals surface area contributed by atoms with Gasteiger partial charge in [-0.1, -0.05) is 19.1 Å². The molecule has 224 valence electrons. The van der Waals surface area contributed by atoms with E-state index in [1.165, 1.54) is 10.1 Å². The maximum atomic E-state index is 12.8. The van der Waals surface area contributed by atoms with Crippen molar-refractivity contribution in [1.29, 1.82) is 0 Å². The third kappa shape index (κ3) is 7.72. The number of benzene rings is 1. The highest BCUT2D eigenvalue weighted by Crippen LogP contribution is 2.25. The molecule has 1 aliphatic carbocycles. The van der Waals surface area contributed by atoms with Crippen LogP contribution in [0.1, 0.15) is 58.9 Å². The van der Waals surface area contributed by atoms with E-state index in [1.807, 2.05) is 12.1 Å². The maximum absolute atomic E-state index is 12.8. The van der Waals surface area contributed by atoms with Gasteiger partial charge in [-0.15, -0.1) is 0 Å². The molecule has 1 saturated heterocycles. The summed E-state index contributed by atoms with van der Waals surface area (Å²) in [4.78, 5) is 47.9. The first-order valence-corrected chi connectivity index (χ1v) is 14.8. The summed E-state index contributed by atoms with van der Waals surface area (Å²) in [5.41, 5.74) is 12.5. The van der Waals surface area contributed by atoms with Gasteiger partial charge in [0.2, 0.25) is 5.91 Å². The molecule has 2 aromatic rings. The Balaban J connectivity index is 1.32. The van der Waals surface area contributed by atoms with Gasteiger partial charge < -0.3 is 21.3 Å². The second kappa shape index (κ2) is 13.1. The lowest BCUT2D eigenvalue weighted by Gasteiger charge is -2.39. The Morgan fingerprint density at radius 3 is 2.22 bits per heavy atom. The van der Waals surface area contributed by atoms with Gasteiger partial charge in [0.15, 0.2) is 0 Å². The lowest BCUT2D eigenvalue weighted by molar-refractivity contribution is -0.137. The fraction of sp³-hybridized carbons (Fsp3) is 0.600. The summed E-state index contributed by atoms with van der Waals surface area (Å²) in [7, 11) is 0. The van der Waals surface area contributed by atoms with Crippen molar-refractivity contribution in [3.8, 4) is 5.69 Å². The molecule has 1 atom stereocenters. The molecule has 41 heavy (non-hydrogen) atoms. The van der Waals surface area contributed by atoms with E-state index in [9.17, 15) is 14.4 Å². The SMILES string of the molecule is CCN(C(C)Cc1ccc(-n2ccc(NC(=O)N3CCN(C(=O)C(C)(C)N)CC3)nc2=O)cc1)[C@H]1CC[C@@H](N)CC1. The zero-order chi connectivity index (χ0) is 29.7. The topological polar surface area (TPSA) is 143 Å². The van der Waals surface area contributed by atoms with Crippen LogP contribution in [-0.2, 0) is 11.2 Å². The van der Waals surface area contributed by atoms with Gasteiger partial charge in [0.05, 0.1) is 11.2 Å². The van der Waals surface area contributed by atoms with Crippen molar-refractivity contribution < 1.29 is 9.59 Å². The first kappa shape index (κ1) is 30.7. The van der Waals surface area contributed by atoms with Crippen LogP contribution in [0.4, 0.5) is 10.6 Å². The molecule has 1 saturated carbocycles. The van der Waals surface area contributed by atoms with E-state index in [-0.39, 0.29) is 17.8 Å². The van der Waals surface area contributed by atoms with E-state index in [1.54, 1.807) is 35.9 Å². The average molecular weight is 567 g/mol. The van der Waals surface area contributed by atoms with Gasteiger partial charge in [-0.3, -0.25) is 19.6 Å². The van der Waals surface area contributed by atoms with E-state index in [0.717, 1.165) is 38.6 Å². The van der Waals surface area contributed by atoms with Crippen molar-refractivity contribution in [3.05, 3.63) is 52.6 Å². The van der Waals surface area contributed by atoms with E-state index in [0.29, 0.717) is 50.0 Å². The number of hydrogen-bond donors (Lipinski definition) is 3. The molecular formula is C30H46N8O3. The van der Waals surface area contributed by atoms with Gasteiger partial charge in [0, 0.05) is 50.5 Å². The average Bonchev–Trinajstić information content (AvgIpc) is 2.94. The third-order valence-corrected chi connectivity index (χ3v) is 8.33. The van der Waals surface area contributed by atoms with E-state index < -0.39 is 11.2 Å². The molecule has 0 spiro atoms. The number of urea groups is 1. The molecule has 1 aromatic heterocycles. The number of carbonyl (C=O) groups is 2. The largest absolute Gasteiger partial charge is 0.354 e. The number of amides is 3. The molecule has 2 fully saturated rings. The van der Waals surface area contributed by atoms with E-state index in [4.69, 9.17) is 11.5 Å². The normalized spacial score (nSPS) is 20.7. The number of likely N-dealkylation sites (N-methyl/N-ethyl adjacent to an activating group) is 1. The van der Waals surface area contributed by atoms with Crippen molar-refractivity contribution in [3.63, 3.8) is 0 Å². The summed E-state index contributed by atoms with van der Waals surface area (Å²) >= 11 is 0. The van der Waals surface area contributed by atoms with Gasteiger partial charge in [-0.25, -0.2) is 9.59 Å². The molecule has 4 rings (SSSR count). The molecule has 3 amide bonds. The van der Waals surface area contributed by atoms with Gasteiger partial charge in [-0.2, -0.15) is 4.98 Å². The van der Waals surface area contributed by atoms with Crippen LogP contribution in [0.3, 0.4) is 0 Å². The van der Waals surface area contributed by atoms with Gasteiger partial charge in [0.25, 0.3) is 0 Å². The lowest BCUT2D eigenvalue weighted by Crippen LogP contribution is -2.58. The first-order valence-electron chi connectivity index (χ1n) is 14.8. The van der Waals surface area contributed by atoms with E-state index in [2.05, 4.69) is 41.2 Å². The second-order valence-corrected chi connectivity index (χ2v) is 12.0. The molecule has 2 heterocycles. The molecule has 11 nitrogen and oxygen atoms in total. The zero-order valence-electron chi connectivity index (χ0n) is 24.9. The molecule has 5 N–H and O–H groups in total. The number of aromatic nitrogens is 2. The zero-order valence-corrected chi connectivity index (χ0v) is 24.9. The lowest BCUT2D eigenvalue weighted by atomic mass is 9.89. The summed E-state index contributed by atoms with van der Waals surface area (Å²) < 4.78 is 1.46. The van der Waals surface area contributed by atoms with Gasteiger partial charge in [-0.05, 0) is 83.2 Å². The van der Waals surface area contributed by atoms with Crippen molar-refractivity contribution in [2.45, 2.75) is 83.5 Å². The summed E-state index contributed by atoms with van der Waals surface area (Å²) in [5, 5.41) is 2.70. The first-order chi connectivity index (χ1) is 19.5. The monoisotopic (exact) mass is 566 g/mol. The Morgan fingerprint density at radius 2 is 1.66 bits per heavy atom. The van der Waals surface area contributed by atoms with Crippen molar-refractivity contribution >= 4 is 17.8 Å². The Kier molecular flexibility index (Phi) is 9.83. The Bertz CT molecular complexity index is 1240. The maximum Gasteiger partial charge on any atom is 0.354 e. The van der Waals surface area contributed by atoms with Crippen LogP contribution in [0, 0.1) is 0 Å². The summed E-state index contributed by atoms with van der Waals surface area (Å²) in [5.74, 6) is 0.0463. The van der Waals surface area contributed by atoms with Crippen LogP contribution in [0.25, 0.3) is 5.69 Å². The molecule has 0 bridgehead atoms.